The Morgan fingerprint density at radius 3 is 2.76 bits per heavy atom. The normalized spacial score (nSPS) is 19.3. The Labute approximate surface area is 169 Å². The van der Waals surface area contributed by atoms with Gasteiger partial charge in [-0.15, -0.1) is 10.2 Å². The molecule has 9 heteroatoms. The van der Waals surface area contributed by atoms with Crippen molar-refractivity contribution in [2.24, 2.45) is 0 Å². The van der Waals surface area contributed by atoms with Gasteiger partial charge < -0.3 is 23.5 Å². The van der Waals surface area contributed by atoms with Crippen LogP contribution in [0.3, 0.4) is 0 Å². The summed E-state index contributed by atoms with van der Waals surface area (Å²) in [6.07, 6.45) is 1.91. The third-order valence-electron chi connectivity index (χ3n) is 5.75. The number of methoxy groups -OCH3 is 1. The molecule has 0 spiro atoms. The number of hydrogen-bond acceptors (Lipinski definition) is 6. The first-order valence-corrected chi connectivity index (χ1v) is 10.0. The summed E-state index contributed by atoms with van der Waals surface area (Å²) >= 11 is 0. The number of furan rings is 1. The number of hydrogen-bond donors (Lipinski definition) is 0. The number of aromatic nitrogens is 3. The van der Waals surface area contributed by atoms with Crippen molar-refractivity contribution in [2.75, 3.05) is 33.4 Å². The SMILES string of the molecule is COCC(=O)N1CCCC(c2nnc3n2CCN(C(=O)c2cc(C)oc2C)C3)C1. The Morgan fingerprint density at radius 2 is 2.03 bits per heavy atom. The molecule has 156 valence electrons. The molecule has 0 saturated carbocycles. The molecule has 0 aliphatic carbocycles. The van der Waals surface area contributed by atoms with E-state index in [9.17, 15) is 9.59 Å². The van der Waals surface area contributed by atoms with Gasteiger partial charge in [-0.2, -0.15) is 0 Å². The number of ether oxygens (including phenoxy) is 1. The molecule has 0 radical (unpaired) electrons. The molecule has 9 nitrogen and oxygen atoms in total. The van der Waals surface area contributed by atoms with E-state index in [0.717, 1.165) is 36.8 Å². The largest absolute Gasteiger partial charge is 0.466 e. The molecule has 0 bridgehead atoms. The van der Waals surface area contributed by atoms with Crippen molar-refractivity contribution >= 4 is 11.8 Å². The smallest absolute Gasteiger partial charge is 0.257 e. The first kappa shape index (κ1) is 19.6. The number of nitrogens with zero attached hydrogens (tertiary/aromatic N) is 5. The maximum atomic E-state index is 12.9. The zero-order chi connectivity index (χ0) is 20.5. The number of amides is 2. The van der Waals surface area contributed by atoms with Gasteiger partial charge in [0.25, 0.3) is 5.91 Å². The van der Waals surface area contributed by atoms with Crippen LogP contribution in [0.2, 0.25) is 0 Å². The van der Waals surface area contributed by atoms with E-state index in [-0.39, 0.29) is 24.3 Å². The number of fused-ring (bicyclic) bond motifs is 1. The number of aryl methyl sites for hydroxylation is 2. The first-order valence-electron chi connectivity index (χ1n) is 10.0. The summed E-state index contributed by atoms with van der Waals surface area (Å²) in [5.41, 5.74) is 0.607. The molecule has 4 rings (SSSR count). The summed E-state index contributed by atoms with van der Waals surface area (Å²) in [6, 6.07) is 1.79. The molecule has 2 aromatic heterocycles. The van der Waals surface area contributed by atoms with Crippen LogP contribution in [0.25, 0.3) is 0 Å². The van der Waals surface area contributed by atoms with Crippen LogP contribution in [0.5, 0.6) is 0 Å². The van der Waals surface area contributed by atoms with E-state index in [1.807, 2.05) is 18.7 Å². The Bertz CT molecular complexity index is 918. The van der Waals surface area contributed by atoms with Crippen LogP contribution in [-0.4, -0.2) is 69.7 Å². The monoisotopic (exact) mass is 401 g/mol. The van der Waals surface area contributed by atoms with E-state index in [1.54, 1.807) is 11.0 Å². The van der Waals surface area contributed by atoms with Crippen molar-refractivity contribution in [1.29, 1.82) is 0 Å². The lowest BCUT2D eigenvalue weighted by Crippen LogP contribution is -2.42. The fourth-order valence-corrected chi connectivity index (χ4v) is 4.30. The van der Waals surface area contributed by atoms with Crippen molar-refractivity contribution in [1.82, 2.24) is 24.6 Å². The van der Waals surface area contributed by atoms with Gasteiger partial charge >= 0.3 is 0 Å². The van der Waals surface area contributed by atoms with Gasteiger partial charge in [-0.3, -0.25) is 9.59 Å². The Balaban J connectivity index is 1.48. The zero-order valence-corrected chi connectivity index (χ0v) is 17.2. The van der Waals surface area contributed by atoms with Crippen molar-refractivity contribution in [3.63, 3.8) is 0 Å². The molecule has 2 aromatic rings. The highest BCUT2D eigenvalue weighted by Crippen LogP contribution is 2.28. The predicted molar refractivity (Wildman–Crippen MR) is 103 cm³/mol. The van der Waals surface area contributed by atoms with Crippen LogP contribution in [0.15, 0.2) is 10.5 Å². The Kier molecular flexibility index (Phi) is 5.40. The molecule has 2 aliphatic rings. The van der Waals surface area contributed by atoms with Gasteiger partial charge in [0.15, 0.2) is 5.82 Å². The number of likely N-dealkylation sites (tertiary alicyclic amines) is 1. The molecule has 4 heterocycles. The lowest BCUT2D eigenvalue weighted by Gasteiger charge is -2.33. The summed E-state index contributed by atoms with van der Waals surface area (Å²) < 4.78 is 12.6. The Hall–Kier alpha value is -2.68. The number of carbonyl (C=O) groups is 2. The van der Waals surface area contributed by atoms with Crippen molar-refractivity contribution in [3.8, 4) is 0 Å². The second-order valence-electron chi connectivity index (χ2n) is 7.79. The first-order chi connectivity index (χ1) is 14.0. The fourth-order valence-electron chi connectivity index (χ4n) is 4.30. The van der Waals surface area contributed by atoms with E-state index in [0.29, 0.717) is 37.5 Å². The van der Waals surface area contributed by atoms with Crippen LogP contribution < -0.4 is 0 Å². The van der Waals surface area contributed by atoms with Crippen molar-refractivity contribution in [2.45, 2.75) is 45.7 Å². The minimum atomic E-state index is -0.0378. The third-order valence-corrected chi connectivity index (χ3v) is 5.75. The quantitative estimate of drug-likeness (QED) is 0.771. The molecule has 2 amide bonds. The summed E-state index contributed by atoms with van der Waals surface area (Å²) in [6.45, 7) is 6.82. The van der Waals surface area contributed by atoms with Crippen molar-refractivity contribution < 1.29 is 18.7 Å². The highest BCUT2D eigenvalue weighted by molar-refractivity contribution is 5.95. The van der Waals surface area contributed by atoms with E-state index >= 15 is 0 Å². The molecule has 1 atom stereocenters. The zero-order valence-electron chi connectivity index (χ0n) is 17.2. The third kappa shape index (κ3) is 3.78. The number of piperidine rings is 1. The topological polar surface area (TPSA) is 93.7 Å². The lowest BCUT2D eigenvalue weighted by atomic mass is 9.97. The van der Waals surface area contributed by atoms with Gasteiger partial charge in [-0.05, 0) is 32.8 Å². The van der Waals surface area contributed by atoms with E-state index in [1.165, 1.54) is 7.11 Å². The van der Waals surface area contributed by atoms with Gasteiger partial charge in [-0.25, -0.2) is 0 Å². The van der Waals surface area contributed by atoms with E-state index in [4.69, 9.17) is 9.15 Å². The molecule has 29 heavy (non-hydrogen) atoms. The van der Waals surface area contributed by atoms with Crippen molar-refractivity contribution in [3.05, 3.63) is 34.8 Å². The number of rotatable bonds is 4. The van der Waals surface area contributed by atoms with Gasteiger partial charge in [0.1, 0.15) is 24.0 Å². The van der Waals surface area contributed by atoms with Gasteiger partial charge in [-0.1, -0.05) is 0 Å². The minimum absolute atomic E-state index is 0.0122. The van der Waals surface area contributed by atoms with Crippen LogP contribution in [-0.2, 0) is 22.6 Å². The molecule has 2 aliphatic heterocycles. The minimum Gasteiger partial charge on any atom is -0.466 e. The van der Waals surface area contributed by atoms with Gasteiger partial charge in [0, 0.05) is 39.2 Å². The molecular weight excluding hydrogens is 374 g/mol. The Morgan fingerprint density at radius 1 is 1.21 bits per heavy atom. The predicted octanol–water partition coefficient (Wildman–Crippen LogP) is 1.50. The second-order valence-corrected chi connectivity index (χ2v) is 7.79. The maximum absolute atomic E-state index is 12.9. The molecule has 0 aromatic carbocycles. The highest BCUT2D eigenvalue weighted by Gasteiger charge is 2.32. The standard InChI is InChI=1S/C20H27N5O4/c1-13-9-16(14(2)29-13)20(27)24-7-8-25-17(11-24)21-22-19(25)15-5-4-6-23(10-15)18(26)12-28-3/h9,15H,4-8,10-12H2,1-3H3. The lowest BCUT2D eigenvalue weighted by molar-refractivity contribution is -0.136. The summed E-state index contributed by atoms with van der Waals surface area (Å²) in [4.78, 5) is 28.7. The van der Waals surface area contributed by atoms with Crippen LogP contribution in [0.1, 0.15) is 52.3 Å². The molecule has 0 N–H and O–H groups in total. The van der Waals surface area contributed by atoms with E-state index in [2.05, 4.69) is 14.8 Å². The molecular formula is C20H27N5O4. The average molecular weight is 401 g/mol. The fraction of sp³-hybridized carbons (Fsp3) is 0.600. The number of carbonyl (C=O) groups excluding carboxylic acids is 2. The summed E-state index contributed by atoms with van der Waals surface area (Å²) in [5.74, 6) is 3.21. The summed E-state index contributed by atoms with van der Waals surface area (Å²) in [7, 11) is 1.54. The molecule has 1 saturated heterocycles. The van der Waals surface area contributed by atoms with Crippen LogP contribution >= 0.6 is 0 Å². The maximum Gasteiger partial charge on any atom is 0.257 e. The molecule has 1 unspecified atom stereocenters. The highest BCUT2D eigenvalue weighted by atomic mass is 16.5. The summed E-state index contributed by atoms with van der Waals surface area (Å²) in [5, 5.41) is 8.80. The van der Waals surface area contributed by atoms with Crippen LogP contribution in [0, 0.1) is 13.8 Å². The molecule has 1 fully saturated rings. The van der Waals surface area contributed by atoms with E-state index < -0.39 is 0 Å². The second kappa shape index (κ2) is 7.98. The van der Waals surface area contributed by atoms with Gasteiger partial charge in [0.05, 0.1) is 12.1 Å². The van der Waals surface area contributed by atoms with Crippen LogP contribution in [0.4, 0.5) is 0 Å². The average Bonchev–Trinajstić information content (AvgIpc) is 3.29. The van der Waals surface area contributed by atoms with Gasteiger partial charge in [0.2, 0.25) is 5.91 Å².